The van der Waals surface area contributed by atoms with E-state index < -0.39 is 34.4 Å². The Morgan fingerprint density at radius 1 is 1.10 bits per heavy atom. The van der Waals surface area contributed by atoms with Gasteiger partial charge in [-0.05, 0) is 44.5 Å². The second kappa shape index (κ2) is 9.09. The zero-order valence-corrected chi connectivity index (χ0v) is 17.7. The lowest BCUT2D eigenvalue weighted by atomic mass is 10.1. The third-order valence-corrected chi connectivity index (χ3v) is 5.16. The number of carbonyl (C=O) groups is 3. The van der Waals surface area contributed by atoms with E-state index in [1.54, 1.807) is 20.8 Å². The number of esters is 2. The van der Waals surface area contributed by atoms with Crippen molar-refractivity contribution in [3.63, 3.8) is 0 Å². The first-order valence-corrected chi connectivity index (χ1v) is 10.3. The van der Waals surface area contributed by atoms with E-state index >= 15 is 0 Å². The molecule has 0 aliphatic heterocycles. The van der Waals surface area contributed by atoms with E-state index in [0.717, 1.165) is 6.07 Å². The summed E-state index contributed by atoms with van der Waals surface area (Å²) in [5, 5.41) is 5.08. The van der Waals surface area contributed by atoms with Crippen LogP contribution in [0.5, 0.6) is 5.75 Å². The number of H-pyrrole nitrogens is 1. The maximum atomic E-state index is 12.5. The molecule has 0 spiro atoms. The Balaban J connectivity index is 2.22. The molecule has 1 heterocycles. The van der Waals surface area contributed by atoms with Crippen molar-refractivity contribution in [2.75, 3.05) is 20.3 Å². The number of Topliss-reactive ketones (excluding diaryl/α,β-unsaturated/α-hetero) is 1. The molecule has 10 nitrogen and oxygen atoms in total. The number of ether oxygens (including phenoxy) is 3. The molecule has 0 unspecified atom stereocenters. The quantitative estimate of drug-likeness (QED) is 0.464. The Bertz CT molecular complexity index is 1100. The summed E-state index contributed by atoms with van der Waals surface area (Å²) in [4.78, 5) is 39.5. The molecule has 30 heavy (non-hydrogen) atoms. The molecule has 162 valence electrons. The lowest BCUT2D eigenvalue weighted by Crippen LogP contribution is -2.17. The summed E-state index contributed by atoms with van der Waals surface area (Å²) in [6.45, 7) is 4.39. The number of benzene rings is 1. The van der Waals surface area contributed by atoms with Crippen LogP contribution in [0.4, 0.5) is 0 Å². The number of hydrogen-bond acceptors (Lipinski definition) is 8. The molecule has 0 fully saturated rings. The second-order valence-electron chi connectivity index (χ2n) is 6.25. The van der Waals surface area contributed by atoms with Crippen LogP contribution in [0.3, 0.4) is 0 Å². The fraction of sp³-hybridized carbons (Fsp3) is 0.316. The van der Waals surface area contributed by atoms with Crippen molar-refractivity contribution in [3.8, 4) is 5.75 Å². The first-order chi connectivity index (χ1) is 14.0. The summed E-state index contributed by atoms with van der Waals surface area (Å²) >= 11 is 0. The molecule has 11 heteroatoms. The van der Waals surface area contributed by atoms with Crippen molar-refractivity contribution in [1.29, 1.82) is 0 Å². The van der Waals surface area contributed by atoms with Gasteiger partial charge >= 0.3 is 11.9 Å². The van der Waals surface area contributed by atoms with Crippen LogP contribution in [0.15, 0.2) is 23.1 Å². The SMILES string of the molecule is CCOC(=O)c1c(C)[nH]c(C(=O)COC(=O)c2cc(S(N)(=O)=O)ccc2OC)c1C. The minimum atomic E-state index is -4.06. The van der Waals surface area contributed by atoms with Gasteiger partial charge in [-0.25, -0.2) is 23.1 Å². The van der Waals surface area contributed by atoms with Crippen LogP contribution in [-0.4, -0.2) is 51.4 Å². The number of ketones is 1. The van der Waals surface area contributed by atoms with Crippen molar-refractivity contribution in [1.82, 2.24) is 4.98 Å². The Morgan fingerprint density at radius 2 is 1.77 bits per heavy atom. The van der Waals surface area contributed by atoms with Gasteiger partial charge in [0.1, 0.15) is 11.3 Å². The predicted molar refractivity (Wildman–Crippen MR) is 105 cm³/mol. The molecule has 0 saturated carbocycles. The maximum absolute atomic E-state index is 12.5. The first-order valence-electron chi connectivity index (χ1n) is 8.78. The highest BCUT2D eigenvalue weighted by Crippen LogP contribution is 2.23. The molecule has 2 rings (SSSR count). The number of nitrogens with one attached hydrogen (secondary N) is 1. The number of sulfonamides is 1. The molecule has 0 aliphatic rings. The molecule has 0 bridgehead atoms. The molecule has 0 radical (unpaired) electrons. The molecule has 2 aromatic rings. The van der Waals surface area contributed by atoms with E-state index in [-0.39, 0.29) is 34.1 Å². The summed E-state index contributed by atoms with van der Waals surface area (Å²) in [5.41, 5.74) is 0.968. The van der Waals surface area contributed by atoms with Crippen molar-refractivity contribution in [2.24, 2.45) is 5.14 Å². The number of carbonyl (C=O) groups excluding carboxylic acids is 3. The number of aryl methyl sites for hydroxylation is 1. The minimum Gasteiger partial charge on any atom is -0.496 e. The molecule has 0 atom stereocenters. The van der Waals surface area contributed by atoms with E-state index in [0.29, 0.717) is 11.3 Å². The van der Waals surface area contributed by atoms with E-state index in [1.807, 2.05) is 0 Å². The van der Waals surface area contributed by atoms with Crippen LogP contribution in [0.25, 0.3) is 0 Å². The van der Waals surface area contributed by atoms with Gasteiger partial charge in [0.2, 0.25) is 15.8 Å². The highest BCUT2D eigenvalue weighted by Gasteiger charge is 2.24. The number of hydrogen-bond donors (Lipinski definition) is 2. The van der Waals surface area contributed by atoms with Gasteiger partial charge in [0.05, 0.1) is 29.9 Å². The van der Waals surface area contributed by atoms with Crippen molar-refractivity contribution in [2.45, 2.75) is 25.7 Å². The molecule has 3 N–H and O–H groups in total. The topological polar surface area (TPSA) is 155 Å². The van der Waals surface area contributed by atoms with Crippen LogP contribution in [0.1, 0.15) is 49.4 Å². The van der Waals surface area contributed by atoms with Crippen LogP contribution < -0.4 is 9.88 Å². The Kier molecular flexibility index (Phi) is 7.00. The Labute approximate surface area is 173 Å². The highest BCUT2D eigenvalue weighted by atomic mass is 32.2. The number of methoxy groups -OCH3 is 1. The Morgan fingerprint density at radius 3 is 2.33 bits per heavy atom. The lowest BCUT2D eigenvalue weighted by molar-refractivity contribution is 0.0468. The second-order valence-corrected chi connectivity index (χ2v) is 7.81. The fourth-order valence-corrected chi connectivity index (χ4v) is 3.38. The Hall–Kier alpha value is -3.18. The number of aromatic nitrogens is 1. The number of aromatic amines is 1. The van der Waals surface area contributed by atoms with Crippen LogP contribution >= 0.6 is 0 Å². The first kappa shape index (κ1) is 23.1. The van der Waals surface area contributed by atoms with Crippen LogP contribution in [0.2, 0.25) is 0 Å². The van der Waals surface area contributed by atoms with Gasteiger partial charge in [-0.1, -0.05) is 0 Å². The maximum Gasteiger partial charge on any atom is 0.342 e. The zero-order valence-electron chi connectivity index (χ0n) is 16.9. The summed E-state index contributed by atoms with van der Waals surface area (Å²) in [6.07, 6.45) is 0. The molecule has 1 aromatic heterocycles. The molecule has 1 aromatic carbocycles. The number of primary sulfonamides is 1. The summed E-state index contributed by atoms with van der Waals surface area (Å²) in [6, 6.07) is 3.43. The van der Waals surface area contributed by atoms with Crippen LogP contribution in [0, 0.1) is 13.8 Å². The fourth-order valence-electron chi connectivity index (χ4n) is 2.84. The monoisotopic (exact) mass is 438 g/mol. The van der Waals surface area contributed by atoms with Gasteiger partial charge < -0.3 is 19.2 Å². The van der Waals surface area contributed by atoms with Gasteiger partial charge in [0.15, 0.2) is 6.61 Å². The van der Waals surface area contributed by atoms with Gasteiger partial charge in [0, 0.05) is 5.69 Å². The van der Waals surface area contributed by atoms with E-state index in [1.165, 1.54) is 19.2 Å². The molecular weight excluding hydrogens is 416 g/mol. The van der Waals surface area contributed by atoms with Crippen molar-refractivity contribution < 1.29 is 37.0 Å². The normalized spacial score (nSPS) is 11.1. The largest absolute Gasteiger partial charge is 0.496 e. The van der Waals surface area contributed by atoms with E-state index in [2.05, 4.69) is 4.98 Å². The molecule has 0 amide bonds. The van der Waals surface area contributed by atoms with Crippen LogP contribution in [-0.2, 0) is 19.5 Å². The van der Waals surface area contributed by atoms with Gasteiger partial charge in [-0.3, -0.25) is 4.79 Å². The van der Waals surface area contributed by atoms with Gasteiger partial charge in [0.25, 0.3) is 0 Å². The van der Waals surface area contributed by atoms with E-state index in [4.69, 9.17) is 19.3 Å². The predicted octanol–water partition coefficient (Wildman–Crippen LogP) is 1.50. The average molecular weight is 438 g/mol. The smallest absolute Gasteiger partial charge is 0.342 e. The van der Waals surface area contributed by atoms with Gasteiger partial charge in [-0.2, -0.15) is 0 Å². The molecular formula is C19H22N2O8S. The van der Waals surface area contributed by atoms with Gasteiger partial charge in [-0.15, -0.1) is 0 Å². The summed E-state index contributed by atoms with van der Waals surface area (Å²) < 4.78 is 38.1. The minimum absolute atomic E-state index is 0.0522. The third kappa shape index (κ3) is 4.86. The standard InChI is InChI=1S/C19H22N2O8S/c1-5-28-19(24)16-10(2)17(21-11(16)3)14(22)9-29-18(23)13-8-12(30(20,25)26)6-7-15(13)27-4/h6-8,21H,5,9H2,1-4H3,(H2,20,25,26). The summed E-state index contributed by atoms with van der Waals surface area (Å²) in [7, 11) is -2.77. The lowest BCUT2D eigenvalue weighted by Gasteiger charge is -2.10. The number of nitrogens with two attached hydrogens (primary N) is 1. The van der Waals surface area contributed by atoms with Crippen molar-refractivity contribution in [3.05, 3.63) is 46.3 Å². The molecule has 0 saturated heterocycles. The third-order valence-electron chi connectivity index (χ3n) is 4.25. The number of rotatable bonds is 8. The van der Waals surface area contributed by atoms with E-state index in [9.17, 15) is 22.8 Å². The molecule has 0 aliphatic carbocycles. The highest BCUT2D eigenvalue weighted by molar-refractivity contribution is 7.89. The average Bonchev–Trinajstić information content (AvgIpc) is 2.99. The summed E-state index contributed by atoms with van der Waals surface area (Å²) in [5.74, 6) is -2.07. The zero-order chi connectivity index (χ0) is 22.6. The van der Waals surface area contributed by atoms with Crippen molar-refractivity contribution >= 4 is 27.7 Å².